The molecule has 1 amide bonds. The summed E-state index contributed by atoms with van der Waals surface area (Å²) >= 11 is 0. The third kappa shape index (κ3) is 7.27. The van der Waals surface area contributed by atoms with E-state index in [1.807, 2.05) is 0 Å². The van der Waals surface area contributed by atoms with Gasteiger partial charge in [-0.15, -0.1) is 0 Å². The van der Waals surface area contributed by atoms with Crippen LogP contribution in [0.15, 0.2) is 0 Å². The largest absolute Gasteiger partial charge is 0.480 e. The van der Waals surface area contributed by atoms with Crippen molar-refractivity contribution >= 4 is 11.9 Å². The van der Waals surface area contributed by atoms with E-state index in [4.69, 9.17) is 5.11 Å². The lowest BCUT2D eigenvalue weighted by Gasteiger charge is -2.27. The summed E-state index contributed by atoms with van der Waals surface area (Å²) < 4.78 is 0. The summed E-state index contributed by atoms with van der Waals surface area (Å²) in [5.41, 5.74) is 0. The van der Waals surface area contributed by atoms with Gasteiger partial charge < -0.3 is 10.0 Å². The van der Waals surface area contributed by atoms with Gasteiger partial charge in [0.25, 0.3) is 0 Å². The van der Waals surface area contributed by atoms with Gasteiger partial charge in [0, 0.05) is 13.1 Å². The van der Waals surface area contributed by atoms with Crippen molar-refractivity contribution in [1.29, 1.82) is 0 Å². The zero-order valence-electron chi connectivity index (χ0n) is 12.1. The minimum Gasteiger partial charge on any atom is -0.480 e. The summed E-state index contributed by atoms with van der Waals surface area (Å²) in [4.78, 5) is 24.5. The van der Waals surface area contributed by atoms with Crippen LogP contribution in [0.25, 0.3) is 0 Å². The summed E-state index contributed by atoms with van der Waals surface area (Å²) in [5, 5.41) is 11.5. The Labute approximate surface area is 110 Å². The average molecular weight is 258 g/mol. The predicted octanol–water partition coefficient (Wildman–Crippen LogP) is 1.19. The number of carbonyl (C=O) groups is 2. The van der Waals surface area contributed by atoms with E-state index in [0.717, 1.165) is 0 Å². The highest BCUT2D eigenvalue weighted by molar-refractivity contribution is 5.79. The molecule has 0 aromatic carbocycles. The van der Waals surface area contributed by atoms with Crippen LogP contribution < -0.4 is 5.32 Å². The lowest BCUT2D eigenvalue weighted by molar-refractivity contribution is -0.139. The molecule has 18 heavy (non-hydrogen) atoms. The molecule has 0 radical (unpaired) electrons. The van der Waals surface area contributed by atoms with Crippen LogP contribution in [-0.4, -0.2) is 47.6 Å². The first-order valence-electron chi connectivity index (χ1n) is 6.48. The lowest BCUT2D eigenvalue weighted by atomic mass is 10.1. The molecule has 0 aliphatic rings. The van der Waals surface area contributed by atoms with E-state index >= 15 is 0 Å². The zero-order chi connectivity index (χ0) is 14.3. The number of nitrogens with zero attached hydrogens (tertiary/aromatic N) is 1. The molecule has 0 rings (SSSR count). The van der Waals surface area contributed by atoms with Crippen LogP contribution in [-0.2, 0) is 9.59 Å². The van der Waals surface area contributed by atoms with E-state index in [9.17, 15) is 9.59 Å². The van der Waals surface area contributed by atoms with E-state index in [2.05, 4.69) is 33.0 Å². The average Bonchev–Trinajstić information content (AvgIpc) is 2.22. The fourth-order valence-electron chi connectivity index (χ4n) is 1.60. The SMILES string of the molecule is CC(C)CN(CC(C)C)C(=O)CN[C@@H](C)C(=O)O. The van der Waals surface area contributed by atoms with Crippen molar-refractivity contribution in [3.63, 3.8) is 0 Å². The van der Waals surface area contributed by atoms with Crippen molar-refractivity contribution in [3.8, 4) is 0 Å². The standard InChI is InChI=1S/C13H26N2O3/c1-9(2)7-15(8-10(3)4)12(16)6-14-11(5)13(17)18/h9-11,14H,6-8H2,1-5H3,(H,17,18)/t11-/m0/s1. The molecule has 5 nitrogen and oxygen atoms in total. The maximum absolute atomic E-state index is 12.0. The van der Waals surface area contributed by atoms with Crippen LogP contribution in [0.5, 0.6) is 0 Å². The molecule has 0 aliphatic heterocycles. The molecule has 0 aromatic heterocycles. The Kier molecular flexibility index (Phi) is 7.59. The highest BCUT2D eigenvalue weighted by Crippen LogP contribution is 2.04. The fourth-order valence-corrected chi connectivity index (χ4v) is 1.60. The Balaban J connectivity index is 4.32. The number of carboxylic acid groups (broad SMARTS) is 1. The molecule has 2 N–H and O–H groups in total. The first-order valence-corrected chi connectivity index (χ1v) is 6.48. The van der Waals surface area contributed by atoms with Gasteiger partial charge in [0.15, 0.2) is 0 Å². The number of carbonyl (C=O) groups excluding carboxylic acids is 1. The minimum atomic E-state index is -0.943. The van der Waals surface area contributed by atoms with Gasteiger partial charge in [-0.2, -0.15) is 0 Å². The van der Waals surface area contributed by atoms with Crippen molar-refractivity contribution in [3.05, 3.63) is 0 Å². The Morgan fingerprint density at radius 3 is 1.83 bits per heavy atom. The van der Waals surface area contributed by atoms with Gasteiger partial charge in [0.1, 0.15) is 6.04 Å². The number of hydrogen-bond donors (Lipinski definition) is 2. The van der Waals surface area contributed by atoms with Gasteiger partial charge in [-0.05, 0) is 18.8 Å². The van der Waals surface area contributed by atoms with Crippen molar-refractivity contribution in [1.82, 2.24) is 10.2 Å². The number of rotatable bonds is 8. The minimum absolute atomic E-state index is 0.0366. The van der Waals surface area contributed by atoms with Gasteiger partial charge in [-0.3, -0.25) is 14.9 Å². The molecule has 0 aliphatic carbocycles. The van der Waals surface area contributed by atoms with Gasteiger partial charge in [0.2, 0.25) is 5.91 Å². The highest BCUT2D eigenvalue weighted by atomic mass is 16.4. The molecule has 0 unspecified atom stereocenters. The first-order chi connectivity index (χ1) is 8.23. The molecule has 0 bridgehead atoms. The maximum atomic E-state index is 12.0. The monoisotopic (exact) mass is 258 g/mol. The molecular formula is C13H26N2O3. The topological polar surface area (TPSA) is 69.6 Å². The number of hydrogen-bond acceptors (Lipinski definition) is 3. The summed E-state index contributed by atoms with van der Waals surface area (Å²) in [6, 6.07) is -0.700. The summed E-state index contributed by atoms with van der Waals surface area (Å²) in [7, 11) is 0. The van der Waals surface area contributed by atoms with Gasteiger partial charge in [-0.1, -0.05) is 27.7 Å². The van der Waals surface area contributed by atoms with Crippen molar-refractivity contribution in [2.75, 3.05) is 19.6 Å². The molecule has 0 saturated carbocycles. The van der Waals surface area contributed by atoms with Crippen molar-refractivity contribution < 1.29 is 14.7 Å². The Morgan fingerprint density at radius 1 is 1.06 bits per heavy atom. The van der Waals surface area contributed by atoms with Crippen LogP contribution in [0.4, 0.5) is 0 Å². The smallest absolute Gasteiger partial charge is 0.320 e. The van der Waals surface area contributed by atoms with Crippen molar-refractivity contribution in [2.45, 2.75) is 40.7 Å². The molecular weight excluding hydrogens is 232 g/mol. The Bertz CT molecular complexity index is 267. The summed E-state index contributed by atoms with van der Waals surface area (Å²) in [6.45, 7) is 11.3. The second kappa shape index (κ2) is 8.08. The predicted molar refractivity (Wildman–Crippen MR) is 71.4 cm³/mol. The highest BCUT2D eigenvalue weighted by Gasteiger charge is 2.18. The summed E-state index contributed by atoms with van der Waals surface area (Å²) in [6.07, 6.45) is 0. The van der Waals surface area contributed by atoms with E-state index < -0.39 is 12.0 Å². The molecule has 0 aromatic rings. The molecule has 0 spiro atoms. The molecule has 106 valence electrons. The maximum Gasteiger partial charge on any atom is 0.320 e. The van der Waals surface area contributed by atoms with Crippen molar-refractivity contribution in [2.24, 2.45) is 11.8 Å². The number of amides is 1. The van der Waals surface area contributed by atoms with Crippen LogP contribution >= 0.6 is 0 Å². The van der Waals surface area contributed by atoms with Crippen LogP contribution in [0.2, 0.25) is 0 Å². The Morgan fingerprint density at radius 2 is 1.50 bits per heavy atom. The Hall–Kier alpha value is -1.10. The van der Waals surface area contributed by atoms with Crippen LogP contribution in [0.3, 0.4) is 0 Å². The molecule has 1 atom stereocenters. The quantitative estimate of drug-likeness (QED) is 0.686. The molecule has 5 heteroatoms. The van der Waals surface area contributed by atoms with E-state index in [1.54, 1.807) is 4.90 Å². The van der Waals surface area contributed by atoms with Gasteiger partial charge in [0.05, 0.1) is 6.54 Å². The molecule has 0 heterocycles. The van der Waals surface area contributed by atoms with Gasteiger partial charge >= 0.3 is 5.97 Å². The normalized spacial score (nSPS) is 12.8. The van der Waals surface area contributed by atoms with Crippen LogP contribution in [0.1, 0.15) is 34.6 Å². The number of aliphatic carboxylic acids is 1. The number of carboxylic acids is 1. The second-order valence-corrected chi connectivity index (χ2v) is 5.53. The third-order valence-electron chi connectivity index (χ3n) is 2.45. The lowest BCUT2D eigenvalue weighted by Crippen LogP contribution is -2.45. The number of nitrogens with one attached hydrogen (secondary N) is 1. The molecule has 0 saturated heterocycles. The second-order valence-electron chi connectivity index (χ2n) is 5.53. The first kappa shape index (κ1) is 16.9. The summed E-state index contributed by atoms with van der Waals surface area (Å²) in [5.74, 6) is -0.165. The third-order valence-corrected chi connectivity index (χ3v) is 2.45. The van der Waals surface area contributed by atoms with Crippen LogP contribution in [0, 0.1) is 11.8 Å². The zero-order valence-corrected chi connectivity index (χ0v) is 12.1. The van der Waals surface area contributed by atoms with E-state index in [0.29, 0.717) is 24.9 Å². The van der Waals surface area contributed by atoms with E-state index in [1.165, 1.54) is 6.92 Å². The van der Waals surface area contributed by atoms with E-state index in [-0.39, 0.29) is 12.5 Å². The molecule has 0 fully saturated rings. The van der Waals surface area contributed by atoms with Gasteiger partial charge in [-0.25, -0.2) is 0 Å². The fraction of sp³-hybridized carbons (Fsp3) is 0.846.